The van der Waals surface area contributed by atoms with Crippen LogP contribution in [-0.4, -0.2) is 37.1 Å². The number of fused-ring (bicyclic) bond motifs is 1. The molecule has 1 atom stereocenters. The lowest BCUT2D eigenvalue weighted by Crippen LogP contribution is -2.23. The molecule has 8 nitrogen and oxygen atoms in total. The molecule has 1 fully saturated rings. The molecule has 8 heteroatoms. The van der Waals surface area contributed by atoms with E-state index in [1.54, 1.807) is 0 Å². The van der Waals surface area contributed by atoms with Crippen molar-refractivity contribution in [2.24, 2.45) is 5.73 Å². The Morgan fingerprint density at radius 2 is 2.35 bits per heavy atom. The average Bonchev–Trinajstić information content (AvgIpc) is 3.26. The molecule has 0 saturated carbocycles. The van der Waals surface area contributed by atoms with Crippen molar-refractivity contribution in [3.05, 3.63) is 47.9 Å². The van der Waals surface area contributed by atoms with Crippen LogP contribution in [0.1, 0.15) is 41.0 Å². The first kappa shape index (κ1) is 13.9. The van der Waals surface area contributed by atoms with E-state index >= 15 is 0 Å². The molecule has 1 saturated heterocycles. The zero-order valence-corrected chi connectivity index (χ0v) is 12.4. The molecule has 2 N–H and O–H groups in total. The van der Waals surface area contributed by atoms with Crippen molar-refractivity contribution in [2.75, 3.05) is 6.54 Å². The van der Waals surface area contributed by atoms with Gasteiger partial charge >= 0.3 is 0 Å². The maximum atomic E-state index is 11.1. The van der Waals surface area contributed by atoms with Crippen molar-refractivity contribution in [1.82, 2.24) is 24.7 Å². The van der Waals surface area contributed by atoms with Crippen LogP contribution in [0, 0.1) is 0 Å². The van der Waals surface area contributed by atoms with E-state index in [2.05, 4.69) is 20.1 Å². The molecule has 118 valence electrons. The number of carbonyl (C=O) groups excluding carboxylic acids is 1. The highest BCUT2D eigenvalue weighted by atomic mass is 16.5. The summed E-state index contributed by atoms with van der Waals surface area (Å²) in [7, 11) is 0. The average molecular weight is 312 g/mol. The molecular formula is C15H16N6O2. The summed E-state index contributed by atoms with van der Waals surface area (Å²) in [5.74, 6) is -0.289. The van der Waals surface area contributed by atoms with Crippen LogP contribution >= 0.6 is 0 Å². The second-order valence-electron chi connectivity index (χ2n) is 5.65. The number of nitrogens with two attached hydrogens (primary N) is 1. The Balaban J connectivity index is 1.59. The minimum atomic E-state index is -0.674. The van der Waals surface area contributed by atoms with Crippen LogP contribution in [0.2, 0.25) is 0 Å². The molecule has 3 aromatic heterocycles. The Morgan fingerprint density at radius 1 is 1.43 bits per heavy atom. The van der Waals surface area contributed by atoms with Gasteiger partial charge in [0.25, 0.3) is 11.7 Å². The third-order valence-electron chi connectivity index (χ3n) is 4.19. The maximum absolute atomic E-state index is 11.1. The van der Waals surface area contributed by atoms with Crippen molar-refractivity contribution in [2.45, 2.75) is 25.4 Å². The Hall–Kier alpha value is -2.74. The Morgan fingerprint density at radius 3 is 3.17 bits per heavy atom. The second kappa shape index (κ2) is 5.47. The van der Waals surface area contributed by atoms with E-state index in [0.29, 0.717) is 5.89 Å². The van der Waals surface area contributed by atoms with Crippen molar-refractivity contribution in [3.8, 4) is 0 Å². The molecule has 1 amide bonds. The Bertz CT molecular complexity index is 854. The standard InChI is InChI=1S/C15H16N6O2/c16-13(22)14-18-15(23-19-14)12-5-3-6-20(12)9-10-8-17-21-7-2-1-4-11(10)21/h1-2,4,7-8,12H,3,5-6,9H2,(H2,16,22)/t12-/m0/s1. The summed E-state index contributed by atoms with van der Waals surface area (Å²) < 4.78 is 7.08. The molecule has 23 heavy (non-hydrogen) atoms. The molecular weight excluding hydrogens is 296 g/mol. The number of hydrogen-bond acceptors (Lipinski definition) is 6. The molecule has 1 aliphatic rings. The Kier molecular flexibility index (Phi) is 3.30. The minimum absolute atomic E-state index is 0.00858. The topological polar surface area (TPSA) is 103 Å². The lowest BCUT2D eigenvalue weighted by Gasteiger charge is -2.20. The number of nitrogens with zero attached hydrogens (tertiary/aromatic N) is 5. The fraction of sp³-hybridized carbons (Fsp3) is 0.333. The zero-order chi connectivity index (χ0) is 15.8. The van der Waals surface area contributed by atoms with Gasteiger partial charge in [-0.15, -0.1) is 0 Å². The lowest BCUT2D eigenvalue weighted by molar-refractivity contribution is 0.0987. The van der Waals surface area contributed by atoms with Gasteiger partial charge in [-0.25, -0.2) is 4.52 Å². The predicted molar refractivity (Wildman–Crippen MR) is 80.4 cm³/mol. The number of rotatable bonds is 4. The summed E-state index contributed by atoms with van der Waals surface area (Å²) in [6.07, 6.45) is 5.77. The number of aromatic nitrogens is 4. The zero-order valence-electron chi connectivity index (χ0n) is 12.4. The third kappa shape index (κ3) is 2.46. The van der Waals surface area contributed by atoms with Gasteiger partial charge in [0.15, 0.2) is 0 Å². The van der Waals surface area contributed by atoms with Crippen LogP contribution in [-0.2, 0) is 6.54 Å². The fourth-order valence-corrected chi connectivity index (χ4v) is 3.09. The number of likely N-dealkylation sites (tertiary alicyclic amines) is 1. The lowest BCUT2D eigenvalue weighted by atomic mass is 10.2. The molecule has 4 heterocycles. The van der Waals surface area contributed by atoms with Crippen molar-refractivity contribution >= 4 is 11.4 Å². The highest BCUT2D eigenvalue weighted by Gasteiger charge is 2.31. The van der Waals surface area contributed by atoms with E-state index in [1.807, 2.05) is 35.1 Å². The van der Waals surface area contributed by atoms with Gasteiger partial charge in [-0.05, 0) is 31.5 Å². The van der Waals surface area contributed by atoms with Gasteiger partial charge in [-0.1, -0.05) is 11.2 Å². The quantitative estimate of drug-likeness (QED) is 0.775. The SMILES string of the molecule is NC(=O)c1noc([C@@H]2CCCN2Cc2cnn3ccccc23)n1. The molecule has 3 aromatic rings. The first-order valence-corrected chi connectivity index (χ1v) is 7.51. The largest absolute Gasteiger partial charge is 0.363 e. The molecule has 0 spiro atoms. The van der Waals surface area contributed by atoms with E-state index < -0.39 is 5.91 Å². The number of amides is 1. The van der Waals surface area contributed by atoms with Gasteiger partial charge < -0.3 is 10.3 Å². The van der Waals surface area contributed by atoms with Crippen molar-refractivity contribution < 1.29 is 9.32 Å². The predicted octanol–water partition coefficient (Wildman–Crippen LogP) is 1.15. The summed E-state index contributed by atoms with van der Waals surface area (Å²) in [6, 6.07) is 6.01. The molecule has 0 aliphatic carbocycles. The van der Waals surface area contributed by atoms with Gasteiger partial charge in [-0.3, -0.25) is 9.69 Å². The maximum Gasteiger partial charge on any atom is 0.290 e. The summed E-state index contributed by atoms with van der Waals surface area (Å²) >= 11 is 0. The second-order valence-corrected chi connectivity index (χ2v) is 5.65. The van der Waals surface area contributed by atoms with Crippen LogP contribution in [0.15, 0.2) is 35.1 Å². The van der Waals surface area contributed by atoms with E-state index in [1.165, 1.54) is 0 Å². The van der Waals surface area contributed by atoms with Gasteiger partial charge in [0.2, 0.25) is 5.89 Å². The van der Waals surface area contributed by atoms with Crippen LogP contribution < -0.4 is 5.73 Å². The normalized spacial score (nSPS) is 18.7. The number of primary amides is 1. The van der Waals surface area contributed by atoms with Crippen LogP contribution in [0.5, 0.6) is 0 Å². The smallest absolute Gasteiger partial charge is 0.290 e. The first-order valence-electron chi connectivity index (χ1n) is 7.51. The molecule has 0 aromatic carbocycles. The highest BCUT2D eigenvalue weighted by Crippen LogP contribution is 2.32. The van der Waals surface area contributed by atoms with E-state index in [4.69, 9.17) is 10.3 Å². The highest BCUT2D eigenvalue weighted by molar-refractivity contribution is 5.88. The number of hydrogen-bond donors (Lipinski definition) is 1. The minimum Gasteiger partial charge on any atom is -0.363 e. The summed E-state index contributed by atoms with van der Waals surface area (Å²) in [6.45, 7) is 1.68. The van der Waals surface area contributed by atoms with Gasteiger partial charge in [0.05, 0.1) is 17.8 Å². The van der Waals surface area contributed by atoms with Crippen molar-refractivity contribution in [1.29, 1.82) is 0 Å². The van der Waals surface area contributed by atoms with E-state index in [0.717, 1.165) is 37.0 Å². The third-order valence-corrected chi connectivity index (χ3v) is 4.19. The van der Waals surface area contributed by atoms with Crippen molar-refractivity contribution in [3.63, 3.8) is 0 Å². The monoisotopic (exact) mass is 312 g/mol. The van der Waals surface area contributed by atoms with Crippen LogP contribution in [0.4, 0.5) is 0 Å². The first-order chi connectivity index (χ1) is 11.2. The van der Waals surface area contributed by atoms with Gasteiger partial charge in [-0.2, -0.15) is 10.1 Å². The van der Waals surface area contributed by atoms with Crippen LogP contribution in [0.3, 0.4) is 0 Å². The molecule has 1 aliphatic heterocycles. The summed E-state index contributed by atoms with van der Waals surface area (Å²) in [5, 5.41) is 8.00. The summed E-state index contributed by atoms with van der Waals surface area (Å²) in [5.41, 5.74) is 7.41. The van der Waals surface area contributed by atoms with Gasteiger partial charge in [0, 0.05) is 18.3 Å². The molecule has 0 radical (unpaired) electrons. The molecule has 0 bridgehead atoms. The number of pyridine rings is 1. The fourth-order valence-electron chi connectivity index (χ4n) is 3.09. The number of carbonyl (C=O) groups is 1. The van der Waals surface area contributed by atoms with E-state index in [9.17, 15) is 4.79 Å². The van der Waals surface area contributed by atoms with E-state index in [-0.39, 0.29) is 11.9 Å². The van der Waals surface area contributed by atoms with Crippen LogP contribution in [0.25, 0.3) is 5.52 Å². The van der Waals surface area contributed by atoms with Gasteiger partial charge in [0.1, 0.15) is 0 Å². The molecule has 0 unspecified atom stereocenters. The summed E-state index contributed by atoms with van der Waals surface area (Å²) in [4.78, 5) is 17.5. The molecule has 4 rings (SSSR count). The Labute approximate surface area is 131 Å².